The summed E-state index contributed by atoms with van der Waals surface area (Å²) in [7, 11) is 0. The summed E-state index contributed by atoms with van der Waals surface area (Å²) >= 11 is 7.34. The first kappa shape index (κ1) is 14.8. The molecule has 2 rings (SSSR count). The standard InChI is InChI=1S/C13H18ClNO3S/c1-8-7-18-10(6-16)5-15(8)13(17)9(2)11-3-4-12(14)19-11/h3-4,8-10,16H,5-7H2,1-2H3/t8-,9+,10+/m1/s1. The summed E-state index contributed by atoms with van der Waals surface area (Å²) in [6.45, 7) is 4.70. The fourth-order valence-corrected chi connectivity index (χ4v) is 3.27. The average Bonchev–Trinajstić information content (AvgIpc) is 2.84. The van der Waals surface area contributed by atoms with E-state index in [2.05, 4.69) is 0 Å². The number of hydrogen-bond acceptors (Lipinski definition) is 4. The minimum Gasteiger partial charge on any atom is -0.394 e. The van der Waals surface area contributed by atoms with Crippen LogP contribution in [0.3, 0.4) is 0 Å². The molecule has 0 aromatic carbocycles. The van der Waals surface area contributed by atoms with Gasteiger partial charge in [-0.3, -0.25) is 4.79 Å². The molecule has 1 amide bonds. The number of morpholine rings is 1. The van der Waals surface area contributed by atoms with Crippen molar-refractivity contribution in [2.45, 2.75) is 31.9 Å². The smallest absolute Gasteiger partial charge is 0.231 e. The maximum atomic E-state index is 12.5. The van der Waals surface area contributed by atoms with Crippen LogP contribution in [0.15, 0.2) is 12.1 Å². The number of thiophene rings is 1. The van der Waals surface area contributed by atoms with Gasteiger partial charge in [0, 0.05) is 11.4 Å². The molecule has 1 aliphatic heterocycles. The van der Waals surface area contributed by atoms with Crippen LogP contribution in [0.5, 0.6) is 0 Å². The molecule has 106 valence electrons. The lowest BCUT2D eigenvalue weighted by atomic mass is 10.1. The van der Waals surface area contributed by atoms with Crippen molar-refractivity contribution in [1.29, 1.82) is 0 Å². The van der Waals surface area contributed by atoms with Gasteiger partial charge in [0.1, 0.15) is 0 Å². The molecule has 19 heavy (non-hydrogen) atoms. The van der Waals surface area contributed by atoms with Crippen LogP contribution in [-0.2, 0) is 9.53 Å². The van der Waals surface area contributed by atoms with E-state index in [1.54, 1.807) is 4.90 Å². The van der Waals surface area contributed by atoms with Crippen molar-refractivity contribution in [2.75, 3.05) is 19.8 Å². The summed E-state index contributed by atoms with van der Waals surface area (Å²) in [4.78, 5) is 15.3. The lowest BCUT2D eigenvalue weighted by Gasteiger charge is -2.38. The molecule has 2 heterocycles. The van der Waals surface area contributed by atoms with Crippen LogP contribution in [0.2, 0.25) is 4.34 Å². The van der Waals surface area contributed by atoms with Crippen molar-refractivity contribution in [3.8, 4) is 0 Å². The molecule has 0 radical (unpaired) electrons. The molecule has 1 saturated heterocycles. The van der Waals surface area contributed by atoms with Crippen LogP contribution < -0.4 is 0 Å². The van der Waals surface area contributed by atoms with E-state index in [1.165, 1.54) is 11.3 Å². The molecule has 0 saturated carbocycles. The highest BCUT2D eigenvalue weighted by Crippen LogP contribution is 2.30. The fraction of sp³-hybridized carbons (Fsp3) is 0.615. The van der Waals surface area contributed by atoms with E-state index in [0.717, 1.165) is 4.88 Å². The summed E-state index contributed by atoms with van der Waals surface area (Å²) in [6.07, 6.45) is -0.278. The number of rotatable bonds is 3. The molecule has 0 unspecified atom stereocenters. The van der Waals surface area contributed by atoms with Gasteiger partial charge < -0.3 is 14.7 Å². The molecule has 0 aliphatic carbocycles. The second kappa shape index (κ2) is 6.22. The van der Waals surface area contributed by atoms with Crippen LogP contribution in [0.25, 0.3) is 0 Å². The molecule has 1 fully saturated rings. The van der Waals surface area contributed by atoms with Crippen LogP contribution in [-0.4, -0.2) is 47.8 Å². The van der Waals surface area contributed by atoms with Crippen LogP contribution >= 0.6 is 22.9 Å². The van der Waals surface area contributed by atoms with Gasteiger partial charge in [0.15, 0.2) is 0 Å². The van der Waals surface area contributed by atoms with Crippen molar-refractivity contribution >= 4 is 28.8 Å². The van der Waals surface area contributed by atoms with Crippen molar-refractivity contribution in [1.82, 2.24) is 4.90 Å². The second-order valence-corrected chi connectivity index (χ2v) is 6.59. The predicted octanol–water partition coefficient (Wildman–Crippen LogP) is 2.11. The Hall–Kier alpha value is -0.620. The van der Waals surface area contributed by atoms with E-state index < -0.39 is 0 Å². The average molecular weight is 304 g/mol. The molecule has 0 bridgehead atoms. The number of halogens is 1. The van der Waals surface area contributed by atoms with Crippen LogP contribution in [0, 0.1) is 0 Å². The summed E-state index contributed by atoms with van der Waals surface area (Å²) in [5, 5.41) is 9.16. The van der Waals surface area contributed by atoms with E-state index in [0.29, 0.717) is 17.5 Å². The largest absolute Gasteiger partial charge is 0.394 e. The molecule has 0 spiro atoms. The van der Waals surface area contributed by atoms with Gasteiger partial charge in [-0.15, -0.1) is 11.3 Å². The van der Waals surface area contributed by atoms with Crippen molar-refractivity contribution in [3.05, 3.63) is 21.3 Å². The van der Waals surface area contributed by atoms with Crippen LogP contribution in [0.4, 0.5) is 0 Å². The predicted molar refractivity (Wildman–Crippen MR) is 75.7 cm³/mol. The number of aliphatic hydroxyl groups excluding tert-OH is 1. The molecule has 3 atom stereocenters. The zero-order valence-corrected chi connectivity index (χ0v) is 12.6. The number of amides is 1. The Labute approximate surface area is 121 Å². The van der Waals surface area contributed by atoms with Crippen molar-refractivity contribution in [2.24, 2.45) is 0 Å². The molecule has 1 aliphatic rings. The first-order chi connectivity index (χ1) is 9.02. The van der Waals surface area contributed by atoms with Gasteiger partial charge in [-0.2, -0.15) is 0 Å². The SMILES string of the molecule is C[C@H](C(=O)N1C[C@@H](CO)OC[C@H]1C)c1ccc(Cl)s1. The number of nitrogens with zero attached hydrogens (tertiary/aromatic N) is 1. The van der Waals surface area contributed by atoms with Crippen molar-refractivity contribution < 1.29 is 14.6 Å². The minimum atomic E-state index is -0.278. The van der Waals surface area contributed by atoms with Crippen molar-refractivity contribution in [3.63, 3.8) is 0 Å². The number of carbonyl (C=O) groups excluding carboxylic acids is 1. The van der Waals surface area contributed by atoms with Gasteiger partial charge in [0.05, 0.1) is 35.6 Å². The van der Waals surface area contributed by atoms with E-state index in [1.807, 2.05) is 26.0 Å². The van der Waals surface area contributed by atoms with Gasteiger partial charge in [-0.1, -0.05) is 11.6 Å². The maximum absolute atomic E-state index is 12.5. The highest BCUT2D eigenvalue weighted by molar-refractivity contribution is 7.16. The summed E-state index contributed by atoms with van der Waals surface area (Å²) in [6, 6.07) is 3.74. The molecule has 1 aromatic heterocycles. The summed E-state index contributed by atoms with van der Waals surface area (Å²) < 4.78 is 6.14. The maximum Gasteiger partial charge on any atom is 0.231 e. The number of ether oxygens (including phenoxy) is 1. The molecule has 1 aromatic rings. The Morgan fingerprint density at radius 2 is 2.42 bits per heavy atom. The molecule has 6 heteroatoms. The zero-order valence-electron chi connectivity index (χ0n) is 11.0. The summed E-state index contributed by atoms with van der Waals surface area (Å²) in [5.41, 5.74) is 0. The Morgan fingerprint density at radius 3 is 3.00 bits per heavy atom. The van der Waals surface area contributed by atoms with E-state index in [4.69, 9.17) is 21.4 Å². The number of hydrogen-bond donors (Lipinski definition) is 1. The lowest BCUT2D eigenvalue weighted by molar-refractivity contribution is -0.147. The highest BCUT2D eigenvalue weighted by Gasteiger charge is 2.32. The van der Waals surface area contributed by atoms with E-state index in [-0.39, 0.29) is 30.6 Å². The highest BCUT2D eigenvalue weighted by atomic mass is 35.5. The third-order valence-corrected chi connectivity index (χ3v) is 4.80. The Morgan fingerprint density at radius 1 is 1.68 bits per heavy atom. The third kappa shape index (κ3) is 3.28. The first-order valence-electron chi connectivity index (χ1n) is 6.31. The molecule has 4 nitrogen and oxygen atoms in total. The molecule has 1 N–H and O–H groups in total. The quantitative estimate of drug-likeness (QED) is 0.930. The Kier molecular flexibility index (Phi) is 4.84. The van der Waals surface area contributed by atoms with Gasteiger partial charge >= 0.3 is 0 Å². The topological polar surface area (TPSA) is 49.8 Å². The van der Waals surface area contributed by atoms with Gasteiger partial charge in [-0.05, 0) is 26.0 Å². The number of carbonyl (C=O) groups is 1. The number of aliphatic hydroxyl groups is 1. The van der Waals surface area contributed by atoms with Crippen LogP contribution in [0.1, 0.15) is 24.6 Å². The van der Waals surface area contributed by atoms with Gasteiger partial charge in [0.2, 0.25) is 5.91 Å². The summed E-state index contributed by atoms with van der Waals surface area (Å²) in [5.74, 6) is -0.148. The van der Waals surface area contributed by atoms with E-state index >= 15 is 0 Å². The van der Waals surface area contributed by atoms with Gasteiger partial charge in [0.25, 0.3) is 0 Å². The minimum absolute atomic E-state index is 0.0354. The molecular formula is C13H18ClNO3S. The normalized spacial score (nSPS) is 25.4. The third-order valence-electron chi connectivity index (χ3n) is 3.38. The second-order valence-electron chi connectivity index (χ2n) is 4.84. The molecular weight excluding hydrogens is 286 g/mol. The monoisotopic (exact) mass is 303 g/mol. The lowest BCUT2D eigenvalue weighted by Crippen LogP contribution is -2.53. The zero-order chi connectivity index (χ0) is 14.0. The Balaban J connectivity index is 2.09. The first-order valence-corrected chi connectivity index (χ1v) is 7.50. The van der Waals surface area contributed by atoms with E-state index in [9.17, 15) is 4.79 Å². The Bertz CT molecular complexity index is 451. The fourth-order valence-electron chi connectivity index (χ4n) is 2.17. The van der Waals surface area contributed by atoms with Gasteiger partial charge in [-0.25, -0.2) is 0 Å².